The van der Waals surface area contributed by atoms with E-state index in [0.29, 0.717) is 11.8 Å². The fourth-order valence-electron chi connectivity index (χ4n) is 1.31. The highest BCUT2D eigenvalue weighted by Crippen LogP contribution is 2.08. The van der Waals surface area contributed by atoms with Crippen molar-refractivity contribution in [3.8, 4) is 0 Å². The van der Waals surface area contributed by atoms with E-state index in [0.717, 1.165) is 17.6 Å². The average Bonchev–Trinajstić information content (AvgIpc) is 2.59. The third-order valence-electron chi connectivity index (χ3n) is 2.07. The van der Waals surface area contributed by atoms with Crippen LogP contribution in [-0.4, -0.2) is 20.9 Å². The van der Waals surface area contributed by atoms with Crippen LogP contribution in [0.25, 0.3) is 11.0 Å². The molecule has 0 aliphatic heterocycles. The van der Waals surface area contributed by atoms with Gasteiger partial charge < -0.3 is 0 Å². The smallest absolute Gasteiger partial charge is 0.113 e. The highest BCUT2D eigenvalue weighted by molar-refractivity contribution is 6.18. The number of aromatic nitrogens is 3. The molecule has 0 saturated heterocycles. The monoisotopic (exact) mass is 209 g/mol. The summed E-state index contributed by atoms with van der Waals surface area (Å²) in [6, 6.07) is 7.85. The quantitative estimate of drug-likeness (QED) is 0.727. The summed E-state index contributed by atoms with van der Waals surface area (Å²) in [5.74, 6) is 1.04. The van der Waals surface area contributed by atoms with Crippen LogP contribution in [0, 0.1) is 5.92 Å². The molecular formula is C10H12ClN3. The largest absolute Gasteiger partial charge is 0.183 e. The van der Waals surface area contributed by atoms with Crippen LogP contribution in [0.5, 0.6) is 0 Å². The lowest BCUT2D eigenvalue weighted by molar-refractivity contribution is 0.445. The maximum absolute atomic E-state index is 5.73. The van der Waals surface area contributed by atoms with E-state index in [1.54, 1.807) is 4.80 Å². The Bertz CT molecular complexity index is 391. The number of fused-ring (bicyclic) bond motifs is 1. The number of rotatable bonds is 3. The second-order valence-electron chi connectivity index (χ2n) is 3.50. The van der Waals surface area contributed by atoms with Gasteiger partial charge in [0.15, 0.2) is 0 Å². The van der Waals surface area contributed by atoms with Crippen molar-refractivity contribution in [2.24, 2.45) is 5.92 Å². The number of benzene rings is 1. The molecule has 2 rings (SSSR count). The second kappa shape index (κ2) is 3.96. The summed E-state index contributed by atoms with van der Waals surface area (Å²) in [6.45, 7) is 2.86. The molecule has 3 nitrogen and oxygen atoms in total. The first kappa shape index (κ1) is 9.46. The van der Waals surface area contributed by atoms with Crippen molar-refractivity contribution in [2.75, 3.05) is 5.88 Å². The number of alkyl halides is 1. The Labute approximate surface area is 87.7 Å². The molecule has 0 saturated carbocycles. The van der Waals surface area contributed by atoms with Crippen molar-refractivity contribution in [1.82, 2.24) is 15.0 Å². The highest BCUT2D eigenvalue weighted by atomic mass is 35.5. The Morgan fingerprint density at radius 1 is 1.29 bits per heavy atom. The molecule has 0 aliphatic carbocycles. The van der Waals surface area contributed by atoms with E-state index < -0.39 is 0 Å². The lowest BCUT2D eigenvalue weighted by atomic mass is 10.2. The van der Waals surface area contributed by atoms with Gasteiger partial charge in [-0.25, -0.2) is 0 Å². The number of hydrogen-bond acceptors (Lipinski definition) is 2. The van der Waals surface area contributed by atoms with Gasteiger partial charge in [0.25, 0.3) is 0 Å². The summed E-state index contributed by atoms with van der Waals surface area (Å²) in [5, 5.41) is 8.70. The third-order valence-corrected chi connectivity index (χ3v) is 2.59. The van der Waals surface area contributed by atoms with Gasteiger partial charge in [0.2, 0.25) is 0 Å². The Morgan fingerprint density at radius 2 is 1.86 bits per heavy atom. The first-order valence-corrected chi connectivity index (χ1v) is 5.19. The van der Waals surface area contributed by atoms with Gasteiger partial charge in [-0.3, -0.25) is 0 Å². The van der Waals surface area contributed by atoms with Crippen molar-refractivity contribution in [3.63, 3.8) is 0 Å². The molecule has 0 spiro atoms. The van der Waals surface area contributed by atoms with E-state index in [4.69, 9.17) is 11.6 Å². The molecule has 4 heteroatoms. The lowest BCUT2D eigenvalue weighted by Gasteiger charge is -2.04. The van der Waals surface area contributed by atoms with Crippen LogP contribution in [0.15, 0.2) is 24.3 Å². The highest BCUT2D eigenvalue weighted by Gasteiger charge is 2.05. The van der Waals surface area contributed by atoms with Gasteiger partial charge in [-0.2, -0.15) is 15.0 Å². The fraction of sp³-hybridized carbons (Fsp3) is 0.400. The van der Waals surface area contributed by atoms with Gasteiger partial charge in [0.05, 0.1) is 6.54 Å². The first-order chi connectivity index (χ1) is 6.79. The molecule has 0 aliphatic rings. The zero-order valence-corrected chi connectivity index (χ0v) is 8.78. The van der Waals surface area contributed by atoms with Crippen LogP contribution in [0.4, 0.5) is 0 Å². The van der Waals surface area contributed by atoms with Gasteiger partial charge in [-0.1, -0.05) is 19.1 Å². The predicted molar refractivity (Wildman–Crippen MR) is 57.4 cm³/mol. The minimum Gasteiger partial charge on any atom is -0.183 e. The molecule has 1 unspecified atom stereocenters. The predicted octanol–water partition coefficient (Wildman–Crippen LogP) is 2.31. The second-order valence-corrected chi connectivity index (χ2v) is 3.81. The van der Waals surface area contributed by atoms with Crippen LogP contribution in [0.2, 0.25) is 0 Å². The maximum Gasteiger partial charge on any atom is 0.113 e. The molecule has 0 N–H and O–H groups in total. The van der Waals surface area contributed by atoms with E-state index in [9.17, 15) is 0 Å². The minimum absolute atomic E-state index is 0.401. The Balaban J connectivity index is 2.27. The summed E-state index contributed by atoms with van der Waals surface area (Å²) in [7, 11) is 0. The molecule has 74 valence electrons. The van der Waals surface area contributed by atoms with Gasteiger partial charge in [0, 0.05) is 5.88 Å². The third kappa shape index (κ3) is 1.87. The normalized spacial score (nSPS) is 13.3. The van der Waals surface area contributed by atoms with Crippen LogP contribution in [0.1, 0.15) is 6.92 Å². The van der Waals surface area contributed by atoms with Gasteiger partial charge >= 0.3 is 0 Å². The van der Waals surface area contributed by atoms with Crippen LogP contribution in [0.3, 0.4) is 0 Å². The summed E-state index contributed by atoms with van der Waals surface area (Å²) < 4.78 is 0. The first-order valence-electron chi connectivity index (χ1n) is 4.65. The molecule has 1 aromatic carbocycles. The molecule has 0 amide bonds. The van der Waals surface area contributed by atoms with E-state index >= 15 is 0 Å². The molecule has 0 radical (unpaired) electrons. The SMILES string of the molecule is CC(CCl)Cn1nc2ccccc2n1. The van der Waals surface area contributed by atoms with Gasteiger partial charge in [-0.15, -0.1) is 11.6 Å². The maximum atomic E-state index is 5.73. The zero-order valence-electron chi connectivity index (χ0n) is 8.02. The van der Waals surface area contributed by atoms with Crippen molar-refractivity contribution in [2.45, 2.75) is 13.5 Å². The Hall–Kier alpha value is -1.09. The van der Waals surface area contributed by atoms with Crippen LogP contribution >= 0.6 is 11.6 Å². The number of hydrogen-bond donors (Lipinski definition) is 0. The fourth-order valence-corrected chi connectivity index (χ4v) is 1.41. The average molecular weight is 210 g/mol. The van der Waals surface area contributed by atoms with E-state index in [2.05, 4.69) is 17.1 Å². The van der Waals surface area contributed by atoms with E-state index in [1.807, 2.05) is 24.3 Å². The van der Waals surface area contributed by atoms with Gasteiger partial charge in [0.1, 0.15) is 11.0 Å². The Morgan fingerprint density at radius 3 is 2.36 bits per heavy atom. The number of nitrogens with zero attached hydrogens (tertiary/aromatic N) is 3. The molecule has 0 fully saturated rings. The molecule has 14 heavy (non-hydrogen) atoms. The summed E-state index contributed by atoms with van der Waals surface area (Å²) in [5.41, 5.74) is 1.88. The molecule has 1 heterocycles. The van der Waals surface area contributed by atoms with Crippen molar-refractivity contribution in [1.29, 1.82) is 0 Å². The van der Waals surface area contributed by atoms with Crippen molar-refractivity contribution >= 4 is 22.6 Å². The zero-order chi connectivity index (χ0) is 9.97. The molecule has 1 atom stereocenters. The van der Waals surface area contributed by atoms with Crippen LogP contribution < -0.4 is 0 Å². The lowest BCUT2D eigenvalue weighted by Crippen LogP contribution is -2.11. The van der Waals surface area contributed by atoms with Crippen molar-refractivity contribution < 1.29 is 0 Å². The molecular weight excluding hydrogens is 198 g/mol. The topological polar surface area (TPSA) is 30.7 Å². The standard InChI is InChI=1S/C10H12ClN3/c1-8(6-11)7-14-12-9-4-2-3-5-10(9)13-14/h2-5,8H,6-7H2,1H3. The number of halogens is 1. The Kier molecular flexibility index (Phi) is 2.68. The van der Waals surface area contributed by atoms with E-state index in [1.165, 1.54) is 0 Å². The van der Waals surface area contributed by atoms with Crippen molar-refractivity contribution in [3.05, 3.63) is 24.3 Å². The van der Waals surface area contributed by atoms with Crippen LogP contribution in [-0.2, 0) is 6.54 Å². The molecule has 2 aromatic rings. The molecule has 0 bridgehead atoms. The molecule has 1 aromatic heterocycles. The van der Waals surface area contributed by atoms with Gasteiger partial charge in [-0.05, 0) is 18.1 Å². The summed E-state index contributed by atoms with van der Waals surface area (Å²) in [6.07, 6.45) is 0. The summed E-state index contributed by atoms with van der Waals surface area (Å²) in [4.78, 5) is 1.72. The minimum atomic E-state index is 0.401. The summed E-state index contributed by atoms with van der Waals surface area (Å²) >= 11 is 5.73. The van der Waals surface area contributed by atoms with E-state index in [-0.39, 0.29) is 0 Å².